The molecule has 0 heterocycles. The van der Waals surface area contributed by atoms with Crippen LogP contribution >= 0.6 is 11.6 Å². The third-order valence-corrected chi connectivity index (χ3v) is 11.6. The van der Waals surface area contributed by atoms with Crippen molar-refractivity contribution >= 4 is 11.6 Å². The predicted octanol–water partition coefficient (Wildman–Crippen LogP) is 13.5. The van der Waals surface area contributed by atoms with Gasteiger partial charge in [0.2, 0.25) is 0 Å². The summed E-state index contributed by atoms with van der Waals surface area (Å²) in [6, 6.07) is 69.0. The molecule has 52 heavy (non-hydrogen) atoms. The van der Waals surface area contributed by atoms with Gasteiger partial charge in [0.05, 0.1) is 5.41 Å². The van der Waals surface area contributed by atoms with Gasteiger partial charge in [0, 0.05) is 5.02 Å². The van der Waals surface area contributed by atoms with Crippen molar-refractivity contribution in [3.8, 4) is 55.6 Å². The normalized spacial score (nSPS) is 13.5. The summed E-state index contributed by atoms with van der Waals surface area (Å²) in [5.74, 6) is 0. The molecule has 0 unspecified atom stereocenters. The number of rotatable bonds is 4. The molecule has 0 fully saturated rings. The van der Waals surface area contributed by atoms with Crippen LogP contribution in [0.3, 0.4) is 0 Å². The number of fused-ring (bicyclic) bond motifs is 9. The predicted molar refractivity (Wildman–Crippen MR) is 218 cm³/mol. The van der Waals surface area contributed by atoms with Crippen molar-refractivity contribution in [3.05, 3.63) is 226 Å². The van der Waals surface area contributed by atoms with Crippen molar-refractivity contribution in [1.82, 2.24) is 0 Å². The molecule has 2 aliphatic carbocycles. The SMILES string of the molecule is Clc1ccc2c(c1)C1(c3ccccc3-2)c2cccc(-c3ccc(-c4ccccc4)cc3)c2CCc2c(-c3ccc(-c4ccccc4)cc3)cccc21. The average molecular weight is 683 g/mol. The van der Waals surface area contributed by atoms with E-state index in [1.54, 1.807) is 0 Å². The summed E-state index contributed by atoms with van der Waals surface area (Å²) in [7, 11) is 0. The lowest BCUT2D eigenvalue weighted by Crippen LogP contribution is -2.30. The molecule has 8 aromatic rings. The van der Waals surface area contributed by atoms with E-state index in [0.717, 1.165) is 17.9 Å². The molecule has 10 rings (SSSR count). The first-order chi connectivity index (χ1) is 25.7. The summed E-state index contributed by atoms with van der Waals surface area (Å²) in [6.45, 7) is 0. The molecule has 0 aromatic heterocycles. The van der Waals surface area contributed by atoms with Crippen LogP contribution in [0.15, 0.2) is 188 Å². The summed E-state index contributed by atoms with van der Waals surface area (Å²) < 4.78 is 0. The van der Waals surface area contributed by atoms with Crippen molar-refractivity contribution in [2.75, 3.05) is 0 Å². The third-order valence-electron chi connectivity index (χ3n) is 11.4. The number of hydrogen-bond donors (Lipinski definition) is 0. The van der Waals surface area contributed by atoms with Crippen LogP contribution in [-0.2, 0) is 18.3 Å². The van der Waals surface area contributed by atoms with Gasteiger partial charge in [0.15, 0.2) is 0 Å². The Morgan fingerprint density at radius 2 is 0.712 bits per heavy atom. The monoisotopic (exact) mass is 682 g/mol. The zero-order valence-corrected chi connectivity index (χ0v) is 29.4. The molecule has 2 aliphatic rings. The van der Waals surface area contributed by atoms with E-state index >= 15 is 0 Å². The molecule has 0 radical (unpaired) electrons. The first-order valence-electron chi connectivity index (χ1n) is 18.2. The zero-order chi connectivity index (χ0) is 34.6. The molecule has 0 N–H and O–H groups in total. The van der Waals surface area contributed by atoms with E-state index in [-0.39, 0.29) is 0 Å². The Morgan fingerprint density at radius 1 is 0.308 bits per heavy atom. The van der Waals surface area contributed by atoms with Gasteiger partial charge in [0.1, 0.15) is 0 Å². The van der Waals surface area contributed by atoms with E-state index < -0.39 is 5.41 Å². The van der Waals surface area contributed by atoms with Crippen LogP contribution in [0, 0.1) is 0 Å². The summed E-state index contributed by atoms with van der Waals surface area (Å²) in [4.78, 5) is 0. The summed E-state index contributed by atoms with van der Waals surface area (Å²) in [5, 5.41) is 0.763. The Bertz CT molecular complexity index is 2460. The molecule has 8 aromatic carbocycles. The number of hydrogen-bond acceptors (Lipinski definition) is 0. The van der Waals surface area contributed by atoms with Gasteiger partial charge < -0.3 is 0 Å². The average Bonchev–Trinajstić information content (AvgIpc) is 3.40. The Balaban J connectivity index is 1.21. The van der Waals surface area contributed by atoms with E-state index in [4.69, 9.17) is 11.6 Å². The lowest BCUT2D eigenvalue weighted by molar-refractivity contribution is 0.763. The van der Waals surface area contributed by atoms with Crippen molar-refractivity contribution in [2.24, 2.45) is 0 Å². The molecule has 1 spiro atoms. The molecular weight excluding hydrogens is 648 g/mol. The van der Waals surface area contributed by atoms with Gasteiger partial charge in [-0.1, -0.05) is 188 Å². The minimum atomic E-state index is -0.530. The van der Waals surface area contributed by atoms with Gasteiger partial charge in [-0.15, -0.1) is 0 Å². The Hall–Kier alpha value is -5.95. The van der Waals surface area contributed by atoms with Gasteiger partial charge in [-0.25, -0.2) is 0 Å². The van der Waals surface area contributed by atoms with Crippen LogP contribution in [0.4, 0.5) is 0 Å². The maximum atomic E-state index is 6.95. The lowest BCUT2D eigenvalue weighted by atomic mass is 9.65. The Kier molecular flexibility index (Phi) is 7.34. The smallest absolute Gasteiger partial charge is 0.0719 e. The van der Waals surface area contributed by atoms with Crippen LogP contribution in [0.5, 0.6) is 0 Å². The van der Waals surface area contributed by atoms with Gasteiger partial charge in [0.25, 0.3) is 0 Å². The van der Waals surface area contributed by atoms with E-state index in [0.29, 0.717) is 0 Å². The number of halogens is 1. The van der Waals surface area contributed by atoms with E-state index in [9.17, 15) is 0 Å². The van der Waals surface area contributed by atoms with Crippen LogP contribution < -0.4 is 0 Å². The van der Waals surface area contributed by atoms with Gasteiger partial charge in [-0.05, 0) is 114 Å². The van der Waals surface area contributed by atoms with Crippen molar-refractivity contribution in [2.45, 2.75) is 18.3 Å². The van der Waals surface area contributed by atoms with Gasteiger partial charge in [-0.3, -0.25) is 0 Å². The minimum absolute atomic E-state index is 0.530. The Labute approximate surface area is 310 Å². The third kappa shape index (κ3) is 4.75. The Morgan fingerprint density at radius 3 is 1.25 bits per heavy atom. The highest BCUT2D eigenvalue weighted by Crippen LogP contribution is 2.60. The fourth-order valence-corrected chi connectivity index (χ4v) is 9.30. The molecule has 0 saturated heterocycles. The van der Waals surface area contributed by atoms with Crippen LogP contribution in [-0.4, -0.2) is 0 Å². The van der Waals surface area contributed by atoms with Crippen molar-refractivity contribution in [1.29, 1.82) is 0 Å². The van der Waals surface area contributed by atoms with E-state index in [1.807, 2.05) is 6.07 Å². The van der Waals surface area contributed by atoms with Gasteiger partial charge in [-0.2, -0.15) is 0 Å². The fourth-order valence-electron chi connectivity index (χ4n) is 9.13. The number of benzene rings is 8. The highest BCUT2D eigenvalue weighted by Gasteiger charge is 2.49. The highest BCUT2D eigenvalue weighted by atomic mass is 35.5. The zero-order valence-electron chi connectivity index (χ0n) is 28.7. The molecule has 0 saturated carbocycles. The molecule has 0 aliphatic heterocycles. The van der Waals surface area contributed by atoms with Crippen LogP contribution in [0.1, 0.15) is 33.4 Å². The molecular formula is C51H35Cl. The molecule has 0 atom stereocenters. The topological polar surface area (TPSA) is 0 Å². The summed E-state index contributed by atoms with van der Waals surface area (Å²) in [6.07, 6.45) is 1.86. The second-order valence-electron chi connectivity index (χ2n) is 14.0. The minimum Gasteiger partial charge on any atom is -0.0843 e. The molecule has 1 heteroatoms. The molecule has 0 nitrogen and oxygen atoms in total. The van der Waals surface area contributed by atoms with Gasteiger partial charge >= 0.3 is 0 Å². The summed E-state index contributed by atoms with van der Waals surface area (Å²) in [5.41, 5.74) is 20.1. The first kappa shape index (κ1) is 30.8. The largest absolute Gasteiger partial charge is 0.0843 e. The van der Waals surface area contributed by atoms with Crippen LogP contribution in [0.2, 0.25) is 5.02 Å². The molecule has 0 amide bonds. The molecule has 246 valence electrons. The quantitative estimate of drug-likeness (QED) is 0.173. The molecule has 0 bridgehead atoms. The first-order valence-corrected chi connectivity index (χ1v) is 18.5. The highest BCUT2D eigenvalue weighted by molar-refractivity contribution is 6.30. The second-order valence-corrected chi connectivity index (χ2v) is 14.5. The summed E-state index contributed by atoms with van der Waals surface area (Å²) >= 11 is 6.95. The maximum absolute atomic E-state index is 6.95. The van der Waals surface area contributed by atoms with Crippen molar-refractivity contribution in [3.63, 3.8) is 0 Å². The van der Waals surface area contributed by atoms with Crippen molar-refractivity contribution < 1.29 is 0 Å². The maximum Gasteiger partial charge on any atom is 0.0719 e. The fraction of sp³-hybridized carbons (Fsp3) is 0.0588. The van der Waals surface area contributed by atoms with Crippen LogP contribution in [0.25, 0.3) is 55.6 Å². The van der Waals surface area contributed by atoms with E-state index in [1.165, 1.54) is 89.0 Å². The van der Waals surface area contributed by atoms with E-state index in [2.05, 4.69) is 182 Å². The lowest BCUT2D eigenvalue weighted by Gasteiger charge is -2.36. The standard InChI is InChI=1S/C51H35Cl/c52-40-29-30-46-43-15-7-8-18-47(43)51(50(46)33-40)48-19-9-16-41(38-25-21-36(22-26-38)34-11-3-1-4-12-34)44(48)31-32-45-42(17-10-20-49(45)51)39-27-23-37(24-28-39)35-13-5-2-6-14-35/h1-30,33H,31-32H2. The second kappa shape index (κ2) is 12.4.